The zero-order chi connectivity index (χ0) is 14.4. The Hall–Kier alpha value is -2.40. The lowest BCUT2D eigenvalue weighted by molar-refractivity contribution is -0.0381. The summed E-state index contributed by atoms with van der Waals surface area (Å²) < 4.78 is 23.3. The zero-order valence-electron chi connectivity index (χ0n) is 10.7. The molecule has 20 heavy (non-hydrogen) atoms. The molecule has 0 aliphatic heterocycles. The maximum atomic E-state index is 13.2. The van der Waals surface area contributed by atoms with Crippen molar-refractivity contribution in [3.05, 3.63) is 65.5 Å². The van der Waals surface area contributed by atoms with Crippen LogP contribution >= 0.6 is 0 Å². The Labute approximate surface area is 115 Å². The van der Waals surface area contributed by atoms with Crippen molar-refractivity contribution in [1.82, 2.24) is 0 Å². The first-order valence-electron chi connectivity index (χ1n) is 6.00. The van der Waals surface area contributed by atoms with E-state index in [1.54, 1.807) is 0 Å². The van der Waals surface area contributed by atoms with E-state index in [1.165, 1.54) is 12.1 Å². The second-order valence-corrected chi connectivity index (χ2v) is 4.12. The van der Waals surface area contributed by atoms with Crippen LogP contribution in [-0.2, 0) is 16.1 Å². The summed E-state index contributed by atoms with van der Waals surface area (Å²) >= 11 is 0. The monoisotopic (exact) mass is 275 g/mol. The molecule has 2 aromatic carbocycles. The fourth-order valence-corrected chi connectivity index (χ4v) is 1.57. The summed E-state index contributed by atoms with van der Waals surface area (Å²) in [4.78, 5) is 11.6. The van der Waals surface area contributed by atoms with Gasteiger partial charge in [0.1, 0.15) is 5.82 Å². The van der Waals surface area contributed by atoms with Crippen LogP contribution < -0.4 is 5.73 Å². The van der Waals surface area contributed by atoms with Crippen molar-refractivity contribution >= 4 is 11.7 Å². The van der Waals surface area contributed by atoms with Crippen LogP contribution in [-0.4, -0.2) is 12.8 Å². The fraction of sp³-hybridized carbons (Fsp3) is 0.133. The highest BCUT2D eigenvalue weighted by atomic mass is 19.1. The summed E-state index contributed by atoms with van der Waals surface area (Å²) in [6.07, 6.45) is 0. The van der Waals surface area contributed by atoms with Gasteiger partial charge in [0.15, 0.2) is 6.79 Å². The third-order valence-electron chi connectivity index (χ3n) is 2.62. The summed E-state index contributed by atoms with van der Waals surface area (Å²) in [5, 5.41) is 0. The number of nitrogens with two attached hydrogens (primary N) is 1. The molecule has 104 valence electrons. The number of nitrogen functional groups attached to an aromatic ring is 1. The Balaban J connectivity index is 1.79. The number of ether oxygens (including phenoxy) is 2. The van der Waals surface area contributed by atoms with Crippen molar-refractivity contribution in [2.24, 2.45) is 0 Å². The molecule has 0 aliphatic carbocycles. The maximum absolute atomic E-state index is 13.2. The van der Waals surface area contributed by atoms with Crippen molar-refractivity contribution in [2.45, 2.75) is 6.61 Å². The third-order valence-corrected chi connectivity index (χ3v) is 2.62. The van der Waals surface area contributed by atoms with Gasteiger partial charge in [-0.05, 0) is 23.8 Å². The molecule has 0 aliphatic rings. The number of hydrogen-bond donors (Lipinski definition) is 1. The molecule has 0 unspecified atom stereocenters. The molecule has 0 heterocycles. The van der Waals surface area contributed by atoms with Crippen LogP contribution in [0.25, 0.3) is 0 Å². The van der Waals surface area contributed by atoms with Gasteiger partial charge in [0.05, 0.1) is 17.9 Å². The SMILES string of the molecule is Nc1ccc(C(=O)OCOCc2ccccc2)cc1F. The molecule has 4 nitrogen and oxygen atoms in total. The number of esters is 1. The Bertz CT molecular complexity index is 587. The van der Waals surface area contributed by atoms with Crippen LogP contribution in [0.1, 0.15) is 15.9 Å². The van der Waals surface area contributed by atoms with E-state index in [9.17, 15) is 9.18 Å². The molecule has 0 atom stereocenters. The van der Waals surface area contributed by atoms with Crippen molar-refractivity contribution in [1.29, 1.82) is 0 Å². The average molecular weight is 275 g/mol. The summed E-state index contributed by atoms with van der Waals surface area (Å²) in [5.74, 6) is -1.30. The number of halogens is 1. The highest BCUT2D eigenvalue weighted by Gasteiger charge is 2.09. The molecule has 0 spiro atoms. The summed E-state index contributed by atoms with van der Waals surface area (Å²) in [6, 6.07) is 13.2. The van der Waals surface area contributed by atoms with Crippen LogP contribution in [0.15, 0.2) is 48.5 Å². The van der Waals surface area contributed by atoms with Crippen LogP contribution in [0.2, 0.25) is 0 Å². The lowest BCUT2D eigenvalue weighted by Crippen LogP contribution is -2.09. The molecule has 0 saturated heterocycles. The van der Waals surface area contributed by atoms with Gasteiger partial charge >= 0.3 is 5.97 Å². The van der Waals surface area contributed by atoms with Gasteiger partial charge < -0.3 is 15.2 Å². The molecule has 0 saturated carbocycles. The minimum atomic E-state index is -0.656. The number of rotatable bonds is 5. The molecule has 2 N–H and O–H groups in total. The van der Waals surface area contributed by atoms with E-state index in [0.717, 1.165) is 11.6 Å². The molecule has 0 aromatic heterocycles. The summed E-state index contributed by atoms with van der Waals surface area (Å²) in [7, 11) is 0. The molecule has 0 bridgehead atoms. The topological polar surface area (TPSA) is 61.6 Å². The Morgan fingerprint density at radius 2 is 1.90 bits per heavy atom. The highest BCUT2D eigenvalue weighted by Crippen LogP contribution is 2.12. The van der Waals surface area contributed by atoms with Crippen LogP contribution in [0, 0.1) is 5.82 Å². The number of hydrogen-bond acceptors (Lipinski definition) is 4. The molecular formula is C15H14FNO3. The fourth-order valence-electron chi connectivity index (χ4n) is 1.57. The number of anilines is 1. The molecule has 0 fully saturated rings. The summed E-state index contributed by atoms with van der Waals surface area (Å²) in [6.45, 7) is 0.143. The van der Waals surface area contributed by atoms with E-state index < -0.39 is 11.8 Å². The highest BCUT2D eigenvalue weighted by molar-refractivity contribution is 5.89. The van der Waals surface area contributed by atoms with Gasteiger partial charge in [0, 0.05) is 0 Å². The van der Waals surface area contributed by atoms with Gasteiger partial charge in [-0.2, -0.15) is 0 Å². The smallest absolute Gasteiger partial charge is 0.340 e. The average Bonchev–Trinajstić information content (AvgIpc) is 2.47. The lowest BCUT2D eigenvalue weighted by atomic mass is 10.2. The maximum Gasteiger partial charge on any atom is 0.340 e. The molecule has 2 rings (SSSR count). The Morgan fingerprint density at radius 3 is 2.60 bits per heavy atom. The number of carbonyl (C=O) groups excluding carboxylic acids is 1. The first-order valence-corrected chi connectivity index (χ1v) is 6.00. The predicted octanol–water partition coefficient (Wildman–Crippen LogP) is 2.74. The van der Waals surface area contributed by atoms with Gasteiger partial charge in [0.2, 0.25) is 0 Å². The molecule has 0 amide bonds. The Morgan fingerprint density at radius 1 is 1.15 bits per heavy atom. The number of benzene rings is 2. The lowest BCUT2D eigenvalue weighted by Gasteiger charge is -2.06. The van der Waals surface area contributed by atoms with Gasteiger partial charge in [-0.3, -0.25) is 0 Å². The first kappa shape index (κ1) is 14.0. The van der Waals surface area contributed by atoms with E-state index in [-0.39, 0.29) is 18.0 Å². The zero-order valence-corrected chi connectivity index (χ0v) is 10.7. The van der Waals surface area contributed by atoms with Crippen LogP contribution in [0.3, 0.4) is 0 Å². The van der Waals surface area contributed by atoms with E-state index >= 15 is 0 Å². The first-order chi connectivity index (χ1) is 9.66. The van der Waals surface area contributed by atoms with Crippen LogP contribution in [0.4, 0.5) is 10.1 Å². The predicted molar refractivity (Wildman–Crippen MR) is 72.3 cm³/mol. The normalized spacial score (nSPS) is 10.2. The molecular weight excluding hydrogens is 261 g/mol. The van der Waals surface area contributed by atoms with Gasteiger partial charge in [0.25, 0.3) is 0 Å². The quantitative estimate of drug-likeness (QED) is 0.394. The van der Waals surface area contributed by atoms with E-state index in [2.05, 4.69) is 0 Å². The molecule has 2 aromatic rings. The van der Waals surface area contributed by atoms with Crippen molar-refractivity contribution in [3.63, 3.8) is 0 Å². The van der Waals surface area contributed by atoms with Gasteiger partial charge in [-0.15, -0.1) is 0 Å². The van der Waals surface area contributed by atoms with Gasteiger partial charge in [-0.25, -0.2) is 9.18 Å². The standard InChI is InChI=1S/C15H14FNO3/c16-13-8-12(6-7-14(13)17)15(18)20-10-19-9-11-4-2-1-3-5-11/h1-8H,9-10,17H2. The van der Waals surface area contributed by atoms with E-state index in [4.69, 9.17) is 15.2 Å². The van der Waals surface area contributed by atoms with Crippen molar-refractivity contribution in [2.75, 3.05) is 12.5 Å². The van der Waals surface area contributed by atoms with Crippen LogP contribution in [0.5, 0.6) is 0 Å². The molecule has 0 radical (unpaired) electrons. The second kappa shape index (κ2) is 6.68. The largest absolute Gasteiger partial charge is 0.435 e. The second-order valence-electron chi connectivity index (χ2n) is 4.12. The minimum absolute atomic E-state index is 0.0122. The van der Waals surface area contributed by atoms with Gasteiger partial charge in [-0.1, -0.05) is 30.3 Å². The Kier molecular flexibility index (Phi) is 4.68. The van der Waals surface area contributed by atoms with E-state index in [0.29, 0.717) is 6.61 Å². The van der Waals surface area contributed by atoms with E-state index in [1.807, 2.05) is 30.3 Å². The van der Waals surface area contributed by atoms with Crippen molar-refractivity contribution in [3.8, 4) is 0 Å². The molecule has 5 heteroatoms. The number of carbonyl (C=O) groups is 1. The summed E-state index contributed by atoms with van der Waals surface area (Å²) in [5.41, 5.74) is 6.38. The third kappa shape index (κ3) is 3.80. The minimum Gasteiger partial charge on any atom is -0.435 e. The van der Waals surface area contributed by atoms with Crippen molar-refractivity contribution < 1.29 is 18.7 Å².